The molecule has 1 aliphatic carbocycles. The molecule has 0 amide bonds. The summed E-state index contributed by atoms with van der Waals surface area (Å²) in [5.41, 5.74) is 0. The lowest BCUT2D eigenvalue weighted by molar-refractivity contribution is 0.614. The van der Waals surface area contributed by atoms with Crippen LogP contribution in [0.25, 0.3) is 0 Å². The molecule has 1 unspecified atom stereocenters. The highest BCUT2D eigenvalue weighted by Gasteiger charge is 2.19. The second-order valence-electron chi connectivity index (χ2n) is 6.05. The van der Waals surface area contributed by atoms with Crippen molar-refractivity contribution < 1.29 is 4.21 Å². The van der Waals surface area contributed by atoms with E-state index in [9.17, 15) is 4.21 Å². The Morgan fingerprint density at radius 1 is 1.30 bits per heavy atom. The quantitative estimate of drug-likeness (QED) is 0.413. The van der Waals surface area contributed by atoms with Crippen molar-refractivity contribution >= 4 is 40.7 Å². The molecule has 0 aromatic rings. The minimum atomic E-state index is -0.824. The summed E-state index contributed by atoms with van der Waals surface area (Å²) in [5, 5.41) is 6.73. The molecule has 0 radical (unpaired) electrons. The monoisotopic (exact) mass is 415 g/mol. The molecule has 120 valence electrons. The molecule has 0 spiro atoms. The molecule has 0 saturated heterocycles. The third-order valence-electron chi connectivity index (χ3n) is 3.27. The summed E-state index contributed by atoms with van der Waals surface area (Å²) >= 11 is 0. The zero-order valence-corrected chi connectivity index (χ0v) is 16.3. The highest BCUT2D eigenvalue weighted by atomic mass is 127. The number of hydrogen-bond donors (Lipinski definition) is 2. The summed E-state index contributed by atoms with van der Waals surface area (Å²) in [6.45, 7) is 9.57. The zero-order valence-electron chi connectivity index (χ0n) is 13.2. The van der Waals surface area contributed by atoms with Gasteiger partial charge in [-0.1, -0.05) is 12.8 Å². The molecule has 0 bridgehead atoms. The van der Waals surface area contributed by atoms with Crippen LogP contribution in [0.15, 0.2) is 4.99 Å². The summed E-state index contributed by atoms with van der Waals surface area (Å²) in [5.74, 6) is 1.50. The lowest BCUT2D eigenvalue weighted by Gasteiger charge is -2.18. The smallest absolute Gasteiger partial charge is 0.191 e. The van der Waals surface area contributed by atoms with Crippen LogP contribution in [0.4, 0.5) is 0 Å². The van der Waals surface area contributed by atoms with Gasteiger partial charge in [-0.05, 0) is 40.5 Å². The largest absolute Gasteiger partial charge is 0.357 e. The van der Waals surface area contributed by atoms with Crippen molar-refractivity contribution in [1.82, 2.24) is 10.6 Å². The number of rotatable bonds is 5. The third kappa shape index (κ3) is 7.81. The molecule has 2 N–H and O–H groups in total. The van der Waals surface area contributed by atoms with E-state index in [2.05, 4.69) is 22.5 Å². The van der Waals surface area contributed by atoms with Gasteiger partial charge in [-0.15, -0.1) is 24.0 Å². The molecule has 1 aliphatic rings. The molecule has 1 fully saturated rings. The molecule has 0 aliphatic heterocycles. The zero-order chi connectivity index (χ0) is 14.3. The summed E-state index contributed by atoms with van der Waals surface area (Å²) < 4.78 is 11.8. The standard InChI is InChI=1S/C14H29N3OS.HI/c1-5-15-13(17-12-8-6-7-9-12)16-10-11-19(18)14(2,3)4;/h12H,5-11H2,1-4H3,(H2,15,16,17);1H. The Hall–Kier alpha value is 0.150. The van der Waals surface area contributed by atoms with Gasteiger partial charge in [0.05, 0.1) is 6.54 Å². The van der Waals surface area contributed by atoms with Gasteiger partial charge >= 0.3 is 0 Å². The van der Waals surface area contributed by atoms with Crippen molar-refractivity contribution in [3.63, 3.8) is 0 Å². The second kappa shape index (κ2) is 9.97. The van der Waals surface area contributed by atoms with Crippen molar-refractivity contribution in [2.24, 2.45) is 4.99 Å². The normalized spacial score (nSPS) is 18.5. The maximum absolute atomic E-state index is 11.9. The van der Waals surface area contributed by atoms with Crippen LogP contribution < -0.4 is 10.6 Å². The van der Waals surface area contributed by atoms with E-state index in [-0.39, 0.29) is 28.7 Å². The topological polar surface area (TPSA) is 53.5 Å². The van der Waals surface area contributed by atoms with Gasteiger partial charge in [0, 0.05) is 33.9 Å². The highest BCUT2D eigenvalue weighted by Crippen LogP contribution is 2.17. The van der Waals surface area contributed by atoms with Crippen LogP contribution in [0.2, 0.25) is 0 Å². The van der Waals surface area contributed by atoms with Crippen LogP contribution in [0, 0.1) is 0 Å². The lowest BCUT2D eigenvalue weighted by Crippen LogP contribution is -2.42. The molecular weight excluding hydrogens is 385 g/mol. The maximum atomic E-state index is 11.9. The average Bonchev–Trinajstić information content (AvgIpc) is 2.80. The van der Waals surface area contributed by atoms with E-state index < -0.39 is 10.8 Å². The molecule has 0 aromatic heterocycles. The molecule has 1 rings (SSSR count). The van der Waals surface area contributed by atoms with Crippen LogP contribution in [0.5, 0.6) is 0 Å². The van der Waals surface area contributed by atoms with E-state index in [0.717, 1.165) is 12.5 Å². The Balaban J connectivity index is 0.00000361. The molecule has 20 heavy (non-hydrogen) atoms. The van der Waals surface area contributed by atoms with Gasteiger partial charge in [0.25, 0.3) is 0 Å². The SMILES string of the molecule is CCNC(=NCCS(=O)C(C)(C)C)NC1CCCC1.I. The number of guanidine groups is 1. The van der Waals surface area contributed by atoms with Crippen molar-refractivity contribution in [1.29, 1.82) is 0 Å². The minimum Gasteiger partial charge on any atom is -0.357 e. The number of nitrogens with one attached hydrogen (secondary N) is 2. The average molecular weight is 415 g/mol. The van der Waals surface area contributed by atoms with E-state index in [1.165, 1.54) is 25.7 Å². The van der Waals surface area contributed by atoms with E-state index in [1.54, 1.807) is 0 Å². The highest BCUT2D eigenvalue weighted by molar-refractivity contribution is 14.0. The van der Waals surface area contributed by atoms with Gasteiger partial charge in [0.15, 0.2) is 5.96 Å². The van der Waals surface area contributed by atoms with Gasteiger partial charge in [-0.25, -0.2) is 0 Å². The van der Waals surface area contributed by atoms with Crippen LogP contribution in [-0.2, 0) is 10.8 Å². The number of nitrogens with zero attached hydrogens (tertiary/aromatic N) is 1. The Bertz CT molecular complexity index is 323. The summed E-state index contributed by atoms with van der Waals surface area (Å²) in [7, 11) is -0.824. The van der Waals surface area contributed by atoms with Crippen LogP contribution in [0.1, 0.15) is 53.4 Å². The van der Waals surface area contributed by atoms with E-state index in [1.807, 2.05) is 20.8 Å². The van der Waals surface area contributed by atoms with Gasteiger partial charge in [-0.3, -0.25) is 9.20 Å². The molecule has 0 aromatic carbocycles. The third-order valence-corrected chi connectivity index (χ3v) is 5.19. The van der Waals surface area contributed by atoms with Gasteiger partial charge in [0.2, 0.25) is 0 Å². The Morgan fingerprint density at radius 3 is 2.40 bits per heavy atom. The second-order valence-corrected chi connectivity index (χ2v) is 8.37. The van der Waals surface area contributed by atoms with Crippen LogP contribution >= 0.6 is 24.0 Å². The minimum absolute atomic E-state index is 0. The number of aliphatic imine (C=N–C) groups is 1. The fraction of sp³-hybridized carbons (Fsp3) is 0.929. The summed E-state index contributed by atoms with van der Waals surface area (Å²) in [4.78, 5) is 4.53. The van der Waals surface area contributed by atoms with Crippen molar-refractivity contribution in [3.8, 4) is 0 Å². The maximum Gasteiger partial charge on any atom is 0.191 e. The Kier molecular flexibility index (Phi) is 10.0. The molecule has 0 heterocycles. The molecule has 1 saturated carbocycles. The fourth-order valence-electron chi connectivity index (χ4n) is 2.13. The summed E-state index contributed by atoms with van der Waals surface area (Å²) in [6.07, 6.45) is 5.09. The molecule has 6 heteroatoms. The first-order valence-corrected chi connectivity index (χ1v) is 8.68. The fourth-order valence-corrected chi connectivity index (χ4v) is 3.00. The van der Waals surface area contributed by atoms with Gasteiger partial charge < -0.3 is 10.6 Å². The van der Waals surface area contributed by atoms with Crippen molar-refractivity contribution in [3.05, 3.63) is 0 Å². The van der Waals surface area contributed by atoms with E-state index >= 15 is 0 Å². The predicted octanol–water partition coefficient (Wildman–Crippen LogP) is 2.65. The predicted molar refractivity (Wildman–Crippen MR) is 99.5 cm³/mol. The number of halogens is 1. The molecule has 4 nitrogen and oxygen atoms in total. The molecular formula is C14H30IN3OS. The van der Waals surface area contributed by atoms with E-state index in [4.69, 9.17) is 0 Å². The Morgan fingerprint density at radius 2 is 1.90 bits per heavy atom. The summed E-state index contributed by atoms with van der Waals surface area (Å²) in [6, 6.07) is 0.561. The van der Waals surface area contributed by atoms with Gasteiger partial charge in [0.1, 0.15) is 0 Å². The first kappa shape index (κ1) is 20.1. The van der Waals surface area contributed by atoms with Crippen LogP contribution in [-0.4, -0.2) is 39.8 Å². The van der Waals surface area contributed by atoms with Crippen LogP contribution in [0.3, 0.4) is 0 Å². The van der Waals surface area contributed by atoms with Crippen molar-refractivity contribution in [2.45, 2.75) is 64.2 Å². The van der Waals surface area contributed by atoms with E-state index in [0.29, 0.717) is 18.3 Å². The molecule has 1 atom stereocenters. The first-order valence-electron chi connectivity index (χ1n) is 7.37. The Labute approximate surface area is 143 Å². The van der Waals surface area contributed by atoms with Crippen molar-refractivity contribution in [2.75, 3.05) is 18.8 Å². The lowest BCUT2D eigenvalue weighted by atomic mass is 10.2. The van der Waals surface area contributed by atoms with Gasteiger partial charge in [-0.2, -0.15) is 0 Å². The number of hydrogen-bond acceptors (Lipinski definition) is 2. The first-order chi connectivity index (χ1) is 8.93.